The Bertz CT molecular complexity index is 629. The molecule has 0 amide bonds. The fourth-order valence-electron chi connectivity index (χ4n) is 3.06. The molecule has 22 heavy (non-hydrogen) atoms. The van der Waals surface area contributed by atoms with Crippen LogP contribution in [0.15, 0.2) is 48.5 Å². The highest BCUT2D eigenvalue weighted by Gasteiger charge is 2.34. The Morgan fingerprint density at radius 2 is 2.00 bits per heavy atom. The molecule has 1 aliphatic heterocycles. The van der Waals surface area contributed by atoms with Gasteiger partial charge in [0, 0.05) is 12.2 Å². The summed E-state index contributed by atoms with van der Waals surface area (Å²) >= 11 is 0. The minimum atomic E-state index is -0.847. The zero-order valence-electron chi connectivity index (χ0n) is 12.6. The molecule has 0 aromatic heterocycles. The molecule has 1 N–H and O–H groups in total. The quantitative estimate of drug-likeness (QED) is 0.937. The van der Waals surface area contributed by atoms with Crippen LogP contribution in [0.3, 0.4) is 0 Å². The van der Waals surface area contributed by atoms with Gasteiger partial charge in [0.25, 0.3) is 0 Å². The Morgan fingerprint density at radius 3 is 2.73 bits per heavy atom. The summed E-state index contributed by atoms with van der Waals surface area (Å²) in [6, 6.07) is 14.6. The minimum Gasteiger partial charge on any atom is -0.508 e. The van der Waals surface area contributed by atoms with E-state index < -0.39 is 6.17 Å². The van der Waals surface area contributed by atoms with Crippen LogP contribution in [0.4, 0.5) is 10.1 Å². The van der Waals surface area contributed by atoms with E-state index in [1.54, 1.807) is 19.2 Å². The number of phenols is 1. The third-order valence-electron chi connectivity index (χ3n) is 4.22. The molecule has 1 heterocycles. The van der Waals surface area contributed by atoms with Crippen LogP contribution in [-0.4, -0.2) is 31.0 Å². The van der Waals surface area contributed by atoms with Crippen molar-refractivity contribution in [2.24, 2.45) is 0 Å². The van der Waals surface area contributed by atoms with Gasteiger partial charge >= 0.3 is 0 Å². The van der Waals surface area contributed by atoms with Crippen LogP contribution in [0.2, 0.25) is 0 Å². The van der Waals surface area contributed by atoms with Gasteiger partial charge in [-0.25, -0.2) is 4.39 Å². The monoisotopic (exact) mass is 301 g/mol. The topological polar surface area (TPSA) is 32.7 Å². The average Bonchev–Trinajstić information content (AvgIpc) is 2.89. The third kappa shape index (κ3) is 3.01. The summed E-state index contributed by atoms with van der Waals surface area (Å²) < 4.78 is 19.6. The maximum atomic E-state index is 14.3. The summed E-state index contributed by atoms with van der Waals surface area (Å²) in [6.07, 6.45) is 0.328. The summed E-state index contributed by atoms with van der Waals surface area (Å²) in [5, 5.41) is 9.40. The van der Waals surface area contributed by atoms with E-state index in [1.807, 2.05) is 36.4 Å². The summed E-state index contributed by atoms with van der Waals surface area (Å²) in [5.41, 5.74) is 2.02. The van der Waals surface area contributed by atoms with Gasteiger partial charge in [0.2, 0.25) is 0 Å². The van der Waals surface area contributed by atoms with E-state index in [0.29, 0.717) is 19.4 Å². The molecule has 4 heteroatoms. The highest BCUT2D eigenvalue weighted by Crippen LogP contribution is 2.31. The Hall–Kier alpha value is -2.23. The zero-order chi connectivity index (χ0) is 15.5. The van der Waals surface area contributed by atoms with Crippen molar-refractivity contribution in [1.29, 1.82) is 0 Å². The molecular weight excluding hydrogens is 281 g/mol. The third-order valence-corrected chi connectivity index (χ3v) is 4.22. The lowest BCUT2D eigenvalue weighted by Gasteiger charge is -2.28. The molecule has 0 radical (unpaired) electrons. The van der Waals surface area contributed by atoms with Crippen LogP contribution < -0.4 is 9.64 Å². The maximum Gasteiger partial charge on any atom is 0.122 e. The van der Waals surface area contributed by atoms with Gasteiger partial charge in [-0.2, -0.15) is 0 Å². The average molecular weight is 301 g/mol. The second-order valence-corrected chi connectivity index (χ2v) is 5.64. The molecule has 3 rings (SSSR count). The first kappa shape index (κ1) is 14.7. The number of ether oxygens (including phenoxy) is 1. The lowest BCUT2D eigenvalue weighted by Crippen LogP contribution is -2.35. The number of alkyl halides is 1. The molecule has 0 spiro atoms. The molecule has 2 atom stereocenters. The normalized spacial score (nSPS) is 21.1. The zero-order valence-corrected chi connectivity index (χ0v) is 12.6. The molecule has 1 aliphatic rings. The number of phenolic OH excluding ortho intramolecular Hbond substituents is 1. The van der Waals surface area contributed by atoms with Crippen LogP contribution in [-0.2, 0) is 6.42 Å². The number of benzene rings is 2. The number of methoxy groups -OCH3 is 1. The van der Waals surface area contributed by atoms with E-state index in [4.69, 9.17) is 4.74 Å². The van der Waals surface area contributed by atoms with E-state index in [9.17, 15) is 9.50 Å². The Balaban J connectivity index is 1.81. The lowest BCUT2D eigenvalue weighted by atomic mass is 10.0. The molecule has 2 aromatic carbocycles. The summed E-state index contributed by atoms with van der Waals surface area (Å²) in [7, 11) is 1.63. The molecule has 0 aliphatic carbocycles. The SMILES string of the molecule is COc1cccc(CC2C(F)CCN2c2ccc(O)cc2)c1. The van der Waals surface area contributed by atoms with Gasteiger partial charge in [0.05, 0.1) is 13.2 Å². The van der Waals surface area contributed by atoms with Gasteiger partial charge in [-0.05, 0) is 54.8 Å². The van der Waals surface area contributed by atoms with E-state index in [0.717, 1.165) is 17.0 Å². The Labute approximate surface area is 130 Å². The van der Waals surface area contributed by atoms with Crippen molar-refractivity contribution in [3.05, 3.63) is 54.1 Å². The minimum absolute atomic E-state index is 0.184. The first-order valence-corrected chi connectivity index (χ1v) is 7.50. The van der Waals surface area contributed by atoms with Gasteiger partial charge in [0.15, 0.2) is 0 Å². The summed E-state index contributed by atoms with van der Waals surface area (Å²) in [4.78, 5) is 2.09. The summed E-state index contributed by atoms with van der Waals surface area (Å²) in [5.74, 6) is 1.02. The highest BCUT2D eigenvalue weighted by atomic mass is 19.1. The van der Waals surface area contributed by atoms with Gasteiger partial charge in [-0.15, -0.1) is 0 Å². The number of hydrogen-bond acceptors (Lipinski definition) is 3. The first-order chi connectivity index (χ1) is 10.7. The molecule has 1 saturated heterocycles. The molecular formula is C18H20FNO2. The fraction of sp³-hybridized carbons (Fsp3) is 0.333. The van der Waals surface area contributed by atoms with E-state index in [-0.39, 0.29) is 11.8 Å². The van der Waals surface area contributed by atoms with Crippen LogP contribution in [0.1, 0.15) is 12.0 Å². The molecule has 2 unspecified atom stereocenters. The van der Waals surface area contributed by atoms with E-state index in [2.05, 4.69) is 4.90 Å². The molecule has 3 nitrogen and oxygen atoms in total. The predicted octanol–water partition coefficient (Wildman–Crippen LogP) is 3.56. The number of hydrogen-bond donors (Lipinski definition) is 1. The largest absolute Gasteiger partial charge is 0.508 e. The molecule has 2 aromatic rings. The van der Waals surface area contributed by atoms with Crippen LogP contribution >= 0.6 is 0 Å². The Kier molecular flexibility index (Phi) is 4.18. The predicted molar refractivity (Wildman–Crippen MR) is 85.5 cm³/mol. The van der Waals surface area contributed by atoms with E-state index in [1.165, 1.54) is 0 Å². The standard InChI is InChI=1S/C18H20FNO2/c1-22-16-4-2-3-13(11-16)12-18-17(19)9-10-20(18)14-5-7-15(21)8-6-14/h2-8,11,17-18,21H,9-10,12H2,1H3. The van der Waals surface area contributed by atoms with Gasteiger partial charge in [-0.3, -0.25) is 0 Å². The van der Waals surface area contributed by atoms with Crippen molar-refractivity contribution in [2.45, 2.75) is 25.1 Å². The Morgan fingerprint density at radius 1 is 1.23 bits per heavy atom. The molecule has 116 valence electrons. The number of nitrogens with zero attached hydrogens (tertiary/aromatic N) is 1. The van der Waals surface area contributed by atoms with Crippen molar-refractivity contribution in [1.82, 2.24) is 0 Å². The fourth-order valence-corrected chi connectivity index (χ4v) is 3.06. The van der Waals surface area contributed by atoms with Crippen LogP contribution in [0.25, 0.3) is 0 Å². The van der Waals surface area contributed by atoms with Gasteiger partial charge in [-0.1, -0.05) is 12.1 Å². The molecule has 1 fully saturated rings. The van der Waals surface area contributed by atoms with Crippen molar-refractivity contribution >= 4 is 5.69 Å². The molecule has 0 saturated carbocycles. The maximum absolute atomic E-state index is 14.3. The number of aromatic hydroxyl groups is 1. The van der Waals surface area contributed by atoms with Gasteiger partial charge in [0.1, 0.15) is 17.7 Å². The number of halogens is 1. The second kappa shape index (κ2) is 6.26. The summed E-state index contributed by atoms with van der Waals surface area (Å²) in [6.45, 7) is 0.695. The lowest BCUT2D eigenvalue weighted by molar-refractivity contribution is 0.308. The molecule has 0 bridgehead atoms. The van der Waals surface area contributed by atoms with Crippen LogP contribution in [0, 0.1) is 0 Å². The first-order valence-electron chi connectivity index (χ1n) is 7.50. The highest BCUT2D eigenvalue weighted by molar-refractivity contribution is 5.51. The van der Waals surface area contributed by atoms with Gasteiger partial charge < -0.3 is 14.7 Å². The number of rotatable bonds is 4. The van der Waals surface area contributed by atoms with Crippen molar-refractivity contribution in [3.63, 3.8) is 0 Å². The van der Waals surface area contributed by atoms with Crippen LogP contribution in [0.5, 0.6) is 11.5 Å². The van der Waals surface area contributed by atoms with Crippen molar-refractivity contribution in [3.8, 4) is 11.5 Å². The smallest absolute Gasteiger partial charge is 0.122 e. The number of anilines is 1. The van der Waals surface area contributed by atoms with Crippen molar-refractivity contribution in [2.75, 3.05) is 18.6 Å². The van der Waals surface area contributed by atoms with E-state index >= 15 is 0 Å². The second-order valence-electron chi connectivity index (χ2n) is 5.64. The van der Waals surface area contributed by atoms with Crippen molar-refractivity contribution < 1.29 is 14.2 Å².